The zero-order valence-corrected chi connectivity index (χ0v) is 14.0. The van der Waals surface area contributed by atoms with E-state index >= 15 is 0 Å². The highest BCUT2D eigenvalue weighted by Gasteiger charge is 2.17. The van der Waals surface area contributed by atoms with Crippen molar-refractivity contribution in [2.75, 3.05) is 5.32 Å². The topological polar surface area (TPSA) is 51.2 Å². The van der Waals surface area contributed by atoms with E-state index in [9.17, 15) is 13.6 Å². The number of thiazole rings is 1. The molecule has 0 aliphatic carbocycles. The molecule has 3 rings (SSSR count). The van der Waals surface area contributed by atoms with Crippen LogP contribution in [0.3, 0.4) is 0 Å². The quantitative estimate of drug-likeness (QED) is 0.729. The van der Waals surface area contributed by atoms with Crippen molar-refractivity contribution in [3.05, 3.63) is 65.5 Å². The van der Waals surface area contributed by atoms with Gasteiger partial charge in [0.25, 0.3) is 5.91 Å². The third-order valence-electron chi connectivity index (χ3n) is 3.36. The van der Waals surface area contributed by atoms with E-state index in [1.165, 1.54) is 0 Å². The molecule has 1 heterocycles. The third kappa shape index (κ3) is 4.19. The van der Waals surface area contributed by atoms with Crippen LogP contribution in [0.25, 0.3) is 11.3 Å². The van der Waals surface area contributed by atoms with Crippen molar-refractivity contribution < 1.29 is 18.3 Å². The summed E-state index contributed by atoms with van der Waals surface area (Å²) >= 11 is 1.12. The third-order valence-corrected chi connectivity index (χ3v) is 4.12. The van der Waals surface area contributed by atoms with Crippen LogP contribution in [-0.2, 0) is 4.79 Å². The van der Waals surface area contributed by atoms with Crippen LogP contribution in [-0.4, -0.2) is 17.0 Å². The Morgan fingerprint density at radius 3 is 2.72 bits per heavy atom. The lowest BCUT2D eigenvalue weighted by atomic mass is 10.1. The fraction of sp³-hybridized carbons (Fsp3) is 0.111. The number of nitrogens with zero attached hydrogens (tertiary/aromatic N) is 1. The molecule has 1 unspecified atom stereocenters. The molecule has 2 aromatic carbocycles. The Morgan fingerprint density at radius 2 is 1.96 bits per heavy atom. The van der Waals surface area contributed by atoms with E-state index in [1.54, 1.807) is 36.6 Å². The fourth-order valence-corrected chi connectivity index (χ4v) is 2.83. The van der Waals surface area contributed by atoms with Crippen molar-refractivity contribution in [2.24, 2.45) is 0 Å². The first-order chi connectivity index (χ1) is 12.0. The van der Waals surface area contributed by atoms with Gasteiger partial charge in [-0.1, -0.05) is 18.2 Å². The van der Waals surface area contributed by atoms with Crippen molar-refractivity contribution in [2.45, 2.75) is 13.0 Å². The molecule has 0 bridgehead atoms. The van der Waals surface area contributed by atoms with Crippen LogP contribution in [0.15, 0.2) is 53.9 Å². The molecule has 128 valence electrons. The number of anilines is 1. The predicted octanol–water partition coefficient (Wildman–Crippen LogP) is 4.49. The molecular formula is C18H14F2N2O2S. The first-order valence-corrected chi connectivity index (χ1v) is 8.34. The number of aromatic nitrogens is 1. The lowest BCUT2D eigenvalue weighted by Gasteiger charge is -2.13. The molecule has 3 aromatic rings. The number of carbonyl (C=O) groups is 1. The molecule has 0 spiro atoms. The Morgan fingerprint density at radius 1 is 1.20 bits per heavy atom. The van der Waals surface area contributed by atoms with Gasteiger partial charge >= 0.3 is 0 Å². The Balaban J connectivity index is 1.68. The summed E-state index contributed by atoms with van der Waals surface area (Å²) in [5.41, 5.74) is 0.305. The molecule has 4 nitrogen and oxygen atoms in total. The van der Waals surface area contributed by atoms with E-state index in [0.29, 0.717) is 5.75 Å². The van der Waals surface area contributed by atoms with E-state index < -0.39 is 17.7 Å². The number of hydrogen-bond acceptors (Lipinski definition) is 4. The van der Waals surface area contributed by atoms with Crippen LogP contribution in [0.5, 0.6) is 5.75 Å². The number of carbonyl (C=O) groups excluding carboxylic acids is 1. The highest BCUT2D eigenvalue weighted by Crippen LogP contribution is 2.27. The van der Waals surface area contributed by atoms with E-state index in [1.807, 2.05) is 6.07 Å². The van der Waals surface area contributed by atoms with Crippen LogP contribution >= 0.6 is 11.3 Å². The van der Waals surface area contributed by atoms with Gasteiger partial charge < -0.3 is 4.74 Å². The minimum absolute atomic E-state index is 0.0466. The van der Waals surface area contributed by atoms with Gasteiger partial charge in [-0.05, 0) is 37.3 Å². The van der Waals surface area contributed by atoms with Crippen molar-refractivity contribution in [3.8, 4) is 17.0 Å². The zero-order valence-electron chi connectivity index (χ0n) is 13.2. The van der Waals surface area contributed by atoms with Crippen LogP contribution < -0.4 is 10.1 Å². The molecule has 0 radical (unpaired) electrons. The Kier molecular flexibility index (Phi) is 5.04. The second kappa shape index (κ2) is 7.40. The molecule has 1 atom stereocenters. The molecule has 1 N–H and O–H groups in total. The van der Waals surface area contributed by atoms with Gasteiger partial charge in [-0.15, -0.1) is 11.3 Å². The lowest BCUT2D eigenvalue weighted by molar-refractivity contribution is -0.122. The van der Waals surface area contributed by atoms with Gasteiger partial charge in [-0.3, -0.25) is 10.1 Å². The maximum Gasteiger partial charge on any atom is 0.266 e. The summed E-state index contributed by atoms with van der Waals surface area (Å²) in [5.74, 6) is -0.943. The van der Waals surface area contributed by atoms with Gasteiger partial charge in [0.1, 0.15) is 17.4 Å². The van der Waals surface area contributed by atoms with Gasteiger partial charge in [0.05, 0.1) is 5.69 Å². The number of amides is 1. The summed E-state index contributed by atoms with van der Waals surface area (Å²) in [7, 11) is 0. The molecule has 0 fully saturated rings. The molecule has 25 heavy (non-hydrogen) atoms. The number of halogens is 2. The van der Waals surface area contributed by atoms with E-state index in [4.69, 9.17) is 4.74 Å². The van der Waals surface area contributed by atoms with E-state index in [-0.39, 0.29) is 22.3 Å². The SMILES string of the molecule is CC(Oc1ccccc1)C(=O)Nc1nc(-c2cc(F)ccc2F)cs1. The van der Waals surface area contributed by atoms with Gasteiger partial charge in [-0.2, -0.15) is 0 Å². The van der Waals surface area contributed by atoms with Crippen molar-refractivity contribution >= 4 is 22.4 Å². The van der Waals surface area contributed by atoms with E-state index in [2.05, 4.69) is 10.3 Å². The normalized spacial score (nSPS) is 11.8. The van der Waals surface area contributed by atoms with Gasteiger partial charge in [0.2, 0.25) is 0 Å². The Bertz CT molecular complexity index is 884. The number of ether oxygens (including phenoxy) is 1. The predicted molar refractivity (Wildman–Crippen MR) is 92.6 cm³/mol. The smallest absolute Gasteiger partial charge is 0.266 e. The average Bonchev–Trinajstić information content (AvgIpc) is 3.06. The first-order valence-electron chi connectivity index (χ1n) is 7.46. The maximum atomic E-state index is 13.8. The summed E-state index contributed by atoms with van der Waals surface area (Å²) in [6, 6.07) is 12.1. The molecule has 0 saturated heterocycles. The summed E-state index contributed by atoms with van der Waals surface area (Å²) in [4.78, 5) is 16.3. The molecule has 1 amide bonds. The standard InChI is InChI=1S/C18H14F2N2O2S/c1-11(24-13-5-3-2-4-6-13)17(23)22-18-21-16(10-25-18)14-9-12(19)7-8-15(14)20/h2-11H,1H3,(H,21,22,23). The lowest BCUT2D eigenvalue weighted by Crippen LogP contribution is -2.30. The highest BCUT2D eigenvalue weighted by atomic mass is 32.1. The van der Waals surface area contributed by atoms with Gasteiger partial charge in [-0.25, -0.2) is 13.8 Å². The average molecular weight is 360 g/mol. The van der Waals surface area contributed by atoms with Gasteiger partial charge in [0.15, 0.2) is 11.2 Å². The number of para-hydroxylation sites is 1. The van der Waals surface area contributed by atoms with Crippen LogP contribution in [0.4, 0.5) is 13.9 Å². The molecule has 0 aliphatic rings. The molecule has 0 aliphatic heterocycles. The second-order valence-electron chi connectivity index (χ2n) is 5.22. The fourth-order valence-electron chi connectivity index (χ4n) is 2.11. The second-order valence-corrected chi connectivity index (χ2v) is 6.08. The molecule has 7 heteroatoms. The minimum Gasteiger partial charge on any atom is -0.481 e. The van der Waals surface area contributed by atoms with Gasteiger partial charge in [0, 0.05) is 10.9 Å². The molecule has 0 saturated carbocycles. The monoisotopic (exact) mass is 360 g/mol. The number of rotatable bonds is 5. The largest absolute Gasteiger partial charge is 0.481 e. The summed E-state index contributed by atoms with van der Waals surface area (Å²) in [6.45, 7) is 1.61. The van der Waals surface area contributed by atoms with E-state index in [0.717, 1.165) is 29.5 Å². The number of hydrogen-bond donors (Lipinski definition) is 1. The zero-order chi connectivity index (χ0) is 17.8. The van der Waals surface area contributed by atoms with Crippen molar-refractivity contribution in [3.63, 3.8) is 0 Å². The maximum absolute atomic E-state index is 13.8. The Labute approximate surface area is 147 Å². The highest BCUT2D eigenvalue weighted by molar-refractivity contribution is 7.14. The summed E-state index contributed by atoms with van der Waals surface area (Å²) < 4.78 is 32.6. The summed E-state index contributed by atoms with van der Waals surface area (Å²) in [5, 5.41) is 4.45. The number of nitrogens with one attached hydrogen (secondary N) is 1. The first kappa shape index (κ1) is 17.0. The minimum atomic E-state index is -0.736. The van der Waals surface area contributed by atoms with Crippen molar-refractivity contribution in [1.82, 2.24) is 4.98 Å². The van der Waals surface area contributed by atoms with Crippen LogP contribution in [0.1, 0.15) is 6.92 Å². The van der Waals surface area contributed by atoms with Crippen molar-refractivity contribution in [1.29, 1.82) is 0 Å². The summed E-state index contributed by atoms with van der Waals surface area (Å²) in [6.07, 6.45) is -0.736. The van der Waals surface area contributed by atoms with Crippen LogP contribution in [0, 0.1) is 11.6 Å². The molecule has 1 aromatic heterocycles. The Hall–Kier alpha value is -2.80. The van der Waals surface area contributed by atoms with Crippen LogP contribution in [0.2, 0.25) is 0 Å². The molecular weight excluding hydrogens is 346 g/mol. The number of benzene rings is 2.